The number of ether oxygens (including phenoxy) is 1. The molecule has 0 bridgehead atoms. The fraction of sp³-hybridized carbons (Fsp3) is 0.158. The number of hydrogen-bond donors (Lipinski definition) is 2. The van der Waals surface area contributed by atoms with Gasteiger partial charge in [-0.3, -0.25) is 20.2 Å². The summed E-state index contributed by atoms with van der Waals surface area (Å²) < 4.78 is 6.68. The van der Waals surface area contributed by atoms with Crippen LogP contribution >= 0.6 is 12.2 Å². The van der Waals surface area contributed by atoms with Crippen LogP contribution in [0, 0.1) is 13.8 Å². The monoisotopic (exact) mass is 383 g/mol. The van der Waals surface area contributed by atoms with Gasteiger partial charge in [0.15, 0.2) is 5.11 Å². The lowest BCUT2D eigenvalue weighted by atomic mass is 10.1. The van der Waals surface area contributed by atoms with Gasteiger partial charge >= 0.3 is 5.97 Å². The van der Waals surface area contributed by atoms with E-state index in [0.29, 0.717) is 5.56 Å². The number of carbonyl (C=O) groups excluding carboxylic acids is 3. The third-order valence-corrected chi connectivity index (χ3v) is 4.46. The van der Waals surface area contributed by atoms with Crippen molar-refractivity contribution in [2.24, 2.45) is 0 Å². The first-order valence-electron chi connectivity index (χ1n) is 8.08. The van der Waals surface area contributed by atoms with Crippen molar-refractivity contribution in [1.29, 1.82) is 0 Å². The highest BCUT2D eigenvalue weighted by atomic mass is 32.1. The number of benzene rings is 1. The Morgan fingerprint density at radius 3 is 2.26 bits per heavy atom. The van der Waals surface area contributed by atoms with Crippen LogP contribution in [0.5, 0.6) is 0 Å². The number of aryl methyl sites for hydroxylation is 1. The number of esters is 1. The summed E-state index contributed by atoms with van der Waals surface area (Å²) in [6.45, 7) is 3.80. The van der Waals surface area contributed by atoms with Crippen LogP contribution < -0.4 is 10.6 Å². The Morgan fingerprint density at radius 2 is 1.70 bits per heavy atom. The van der Waals surface area contributed by atoms with E-state index in [2.05, 4.69) is 10.6 Å². The zero-order chi connectivity index (χ0) is 19.7. The first-order chi connectivity index (χ1) is 12.8. The van der Waals surface area contributed by atoms with Crippen LogP contribution in [0.1, 0.15) is 27.3 Å². The molecular formula is C19H17N3O4S. The number of nitrogens with one attached hydrogen (secondary N) is 2. The normalized spacial score (nSPS) is 13.9. The van der Waals surface area contributed by atoms with E-state index < -0.39 is 17.8 Å². The summed E-state index contributed by atoms with van der Waals surface area (Å²) in [5.41, 5.74) is 3.79. The molecule has 1 aromatic carbocycles. The number of nitrogens with zero attached hydrogens (tertiary/aromatic N) is 1. The van der Waals surface area contributed by atoms with E-state index in [1.807, 2.05) is 36.6 Å². The molecule has 0 saturated carbocycles. The average Bonchev–Trinajstić information content (AvgIpc) is 2.91. The van der Waals surface area contributed by atoms with Crippen molar-refractivity contribution in [1.82, 2.24) is 15.2 Å². The average molecular weight is 383 g/mol. The molecular weight excluding hydrogens is 366 g/mol. The summed E-state index contributed by atoms with van der Waals surface area (Å²) in [4.78, 5) is 35.7. The lowest BCUT2D eigenvalue weighted by molar-refractivity contribution is -0.123. The van der Waals surface area contributed by atoms with Gasteiger partial charge in [-0.2, -0.15) is 0 Å². The van der Waals surface area contributed by atoms with Gasteiger partial charge in [-0.1, -0.05) is 0 Å². The van der Waals surface area contributed by atoms with Crippen LogP contribution in [0.4, 0.5) is 0 Å². The Kier molecular flexibility index (Phi) is 4.91. The number of hydrogen-bond acceptors (Lipinski definition) is 5. The standard InChI is InChI=1S/C19H17N3O4S/c1-10-8-13(9-15-16(23)20-19(27)21-17(15)24)11(2)22(10)14-6-4-12(5-7-14)18(25)26-3/h4-9H,1-3H3,(H2,20,21,23,24,27). The van der Waals surface area contributed by atoms with Crippen LogP contribution in [-0.4, -0.2) is 34.6 Å². The first kappa shape index (κ1) is 18.5. The van der Waals surface area contributed by atoms with Gasteiger partial charge in [0, 0.05) is 17.1 Å². The molecule has 1 aliphatic rings. The molecule has 2 N–H and O–H groups in total. The second-order valence-electron chi connectivity index (χ2n) is 6.00. The van der Waals surface area contributed by atoms with Crippen molar-refractivity contribution in [3.8, 4) is 5.69 Å². The van der Waals surface area contributed by atoms with Gasteiger partial charge in [-0.05, 0) is 68.0 Å². The van der Waals surface area contributed by atoms with Crippen LogP contribution in [-0.2, 0) is 14.3 Å². The van der Waals surface area contributed by atoms with Gasteiger partial charge in [0.2, 0.25) is 0 Å². The zero-order valence-corrected chi connectivity index (χ0v) is 15.8. The van der Waals surface area contributed by atoms with E-state index >= 15 is 0 Å². The van der Waals surface area contributed by atoms with E-state index in [-0.39, 0.29) is 10.7 Å². The van der Waals surface area contributed by atoms with E-state index in [4.69, 9.17) is 17.0 Å². The lowest BCUT2D eigenvalue weighted by Crippen LogP contribution is -2.51. The van der Waals surface area contributed by atoms with Gasteiger partial charge in [-0.15, -0.1) is 0 Å². The molecule has 8 heteroatoms. The minimum Gasteiger partial charge on any atom is -0.465 e. The summed E-state index contributed by atoms with van der Waals surface area (Å²) in [7, 11) is 1.33. The van der Waals surface area contributed by atoms with Gasteiger partial charge < -0.3 is 9.30 Å². The zero-order valence-electron chi connectivity index (χ0n) is 15.0. The Hall–Kier alpha value is -3.26. The number of carbonyl (C=O) groups is 3. The second kappa shape index (κ2) is 7.16. The Labute approximate surface area is 161 Å². The molecule has 138 valence electrons. The van der Waals surface area contributed by atoms with Crippen LogP contribution in [0.15, 0.2) is 35.9 Å². The fourth-order valence-electron chi connectivity index (χ4n) is 2.96. The van der Waals surface area contributed by atoms with E-state index in [1.165, 1.54) is 13.2 Å². The molecule has 1 aromatic heterocycles. The highest BCUT2D eigenvalue weighted by Crippen LogP contribution is 2.23. The molecule has 1 saturated heterocycles. The molecule has 0 atom stereocenters. The predicted molar refractivity (Wildman–Crippen MR) is 103 cm³/mol. The summed E-state index contributed by atoms with van der Waals surface area (Å²) in [5, 5.41) is 4.83. The maximum absolute atomic E-state index is 12.0. The SMILES string of the molecule is COC(=O)c1ccc(-n2c(C)cc(C=C3C(=O)NC(=S)NC3=O)c2C)cc1. The molecule has 2 amide bonds. The molecule has 0 aliphatic carbocycles. The first-order valence-corrected chi connectivity index (χ1v) is 8.48. The molecule has 3 rings (SSSR count). The summed E-state index contributed by atoms with van der Waals surface area (Å²) in [5.74, 6) is -1.47. The topological polar surface area (TPSA) is 89.4 Å². The molecule has 0 spiro atoms. The largest absolute Gasteiger partial charge is 0.465 e. The van der Waals surface area contributed by atoms with Crippen molar-refractivity contribution < 1.29 is 19.1 Å². The quantitative estimate of drug-likeness (QED) is 0.365. The summed E-state index contributed by atoms with van der Waals surface area (Å²) in [6, 6.07) is 8.86. The van der Waals surface area contributed by atoms with E-state index in [0.717, 1.165) is 22.6 Å². The highest BCUT2D eigenvalue weighted by Gasteiger charge is 2.26. The Morgan fingerprint density at radius 1 is 1.11 bits per heavy atom. The molecule has 2 aromatic rings. The fourth-order valence-corrected chi connectivity index (χ4v) is 3.14. The van der Waals surface area contributed by atoms with E-state index in [1.54, 1.807) is 12.1 Å². The third-order valence-electron chi connectivity index (χ3n) is 4.26. The number of rotatable bonds is 3. The minimum absolute atomic E-state index is 0.00156. The van der Waals surface area contributed by atoms with Crippen LogP contribution in [0.25, 0.3) is 11.8 Å². The molecule has 0 unspecified atom stereocenters. The minimum atomic E-state index is -0.531. The Bertz CT molecular complexity index is 981. The van der Waals surface area contributed by atoms with Crippen molar-refractivity contribution in [3.05, 3.63) is 58.4 Å². The van der Waals surface area contributed by atoms with Gasteiger partial charge in [0.1, 0.15) is 5.57 Å². The van der Waals surface area contributed by atoms with Crippen molar-refractivity contribution in [2.45, 2.75) is 13.8 Å². The molecule has 27 heavy (non-hydrogen) atoms. The summed E-state index contributed by atoms with van der Waals surface area (Å²) >= 11 is 4.80. The van der Waals surface area contributed by atoms with Crippen molar-refractivity contribution >= 4 is 41.2 Å². The van der Waals surface area contributed by atoms with Crippen molar-refractivity contribution in [3.63, 3.8) is 0 Å². The Balaban J connectivity index is 1.99. The highest BCUT2D eigenvalue weighted by molar-refractivity contribution is 7.80. The van der Waals surface area contributed by atoms with Crippen molar-refractivity contribution in [2.75, 3.05) is 7.11 Å². The smallest absolute Gasteiger partial charge is 0.337 e. The van der Waals surface area contributed by atoms with Crippen LogP contribution in [0.2, 0.25) is 0 Å². The predicted octanol–water partition coefficient (Wildman–Crippen LogP) is 1.80. The lowest BCUT2D eigenvalue weighted by Gasteiger charge is -2.16. The second-order valence-corrected chi connectivity index (χ2v) is 6.40. The maximum atomic E-state index is 12.0. The van der Waals surface area contributed by atoms with Gasteiger partial charge in [0.05, 0.1) is 12.7 Å². The molecule has 2 heterocycles. The van der Waals surface area contributed by atoms with Gasteiger partial charge in [0.25, 0.3) is 11.8 Å². The summed E-state index contributed by atoms with van der Waals surface area (Å²) in [6.07, 6.45) is 1.54. The van der Waals surface area contributed by atoms with Crippen LogP contribution in [0.3, 0.4) is 0 Å². The maximum Gasteiger partial charge on any atom is 0.337 e. The number of aromatic nitrogens is 1. The molecule has 7 nitrogen and oxygen atoms in total. The van der Waals surface area contributed by atoms with E-state index in [9.17, 15) is 14.4 Å². The molecule has 0 radical (unpaired) electrons. The number of thiocarbonyl (C=S) groups is 1. The third kappa shape index (κ3) is 3.52. The molecule has 1 aliphatic heterocycles. The number of amides is 2. The number of methoxy groups -OCH3 is 1. The molecule has 1 fully saturated rings. The van der Waals surface area contributed by atoms with Gasteiger partial charge in [-0.25, -0.2) is 4.79 Å².